The lowest BCUT2D eigenvalue weighted by Crippen LogP contribution is -2.15. The van der Waals surface area contributed by atoms with E-state index in [1.807, 2.05) is 0 Å². The van der Waals surface area contributed by atoms with Gasteiger partial charge in [0.05, 0.1) is 17.4 Å². The molecule has 2 rings (SSSR count). The maximum atomic E-state index is 12.5. The first-order valence-corrected chi connectivity index (χ1v) is 5.36. The molecule has 0 radical (unpaired) electrons. The normalized spacial score (nSPS) is 11.6. The van der Waals surface area contributed by atoms with Gasteiger partial charge in [-0.3, -0.25) is 5.41 Å². The summed E-state index contributed by atoms with van der Waals surface area (Å²) in [5.74, 6) is -0.220. The Bertz CT molecular complexity index is 628. The second kappa shape index (κ2) is 4.42. The van der Waals surface area contributed by atoms with Crippen LogP contribution in [0.3, 0.4) is 0 Å². The second-order valence-electron chi connectivity index (χ2n) is 4.11. The molecule has 0 saturated carbocycles. The lowest BCUT2D eigenvalue weighted by atomic mass is 10.1. The number of nitrogens with two attached hydrogens (primary N) is 1. The molecule has 0 saturated heterocycles. The zero-order valence-electron chi connectivity index (χ0n) is 9.99. The number of hydrogen-bond acceptors (Lipinski definition) is 2. The lowest BCUT2D eigenvalue weighted by Gasteiger charge is -2.09. The highest BCUT2D eigenvalue weighted by Crippen LogP contribution is 2.29. The molecule has 1 heterocycles. The molecule has 0 aliphatic heterocycles. The summed E-state index contributed by atoms with van der Waals surface area (Å²) in [7, 11) is 0. The Hall–Kier alpha value is -2.31. The standard InChI is InChI=1S/C12H11F3N4/c1-7-2-3-10(9(4-7)11(16)17)19-6-8(5-18-19)12(13,14)15/h2-6H,1H3,(H3,16,17). The van der Waals surface area contributed by atoms with Gasteiger partial charge in [0.2, 0.25) is 0 Å². The van der Waals surface area contributed by atoms with Crippen molar-refractivity contribution in [3.8, 4) is 5.69 Å². The monoisotopic (exact) mass is 268 g/mol. The molecular weight excluding hydrogens is 257 g/mol. The third-order valence-corrected chi connectivity index (χ3v) is 2.60. The van der Waals surface area contributed by atoms with Gasteiger partial charge >= 0.3 is 6.18 Å². The molecule has 0 unspecified atom stereocenters. The molecule has 1 aromatic carbocycles. The number of hydrogen-bond donors (Lipinski definition) is 2. The molecule has 7 heteroatoms. The van der Waals surface area contributed by atoms with E-state index in [-0.39, 0.29) is 5.84 Å². The molecule has 2 aromatic rings. The maximum Gasteiger partial charge on any atom is 0.419 e. The van der Waals surface area contributed by atoms with Gasteiger partial charge in [-0.25, -0.2) is 4.68 Å². The largest absolute Gasteiger partial charge is 0.419 e. The van der Waals surface area contributed by atoms with Crippen LogP contribution in [0.1, 0.15) is 16.7 Å². The molecule has 19 heavy (non-hydrogen) atoms. The highest BCUT2D eigenvalue weighted by atomic mass is 19.4. The second-order valence-corrected chi connectivity index (χ2v) is 4.11. The molecule has 0 fully saturated rings. The summed E-state index contributed by atoms with van der Waals surface area (Å²) in [4.78, 5) is 0. The minimum Gasteiger partial charge on any atom is -0.384 e. The van der Waals surface area contributed by atoms with Gasteiger partial charge in [-0.1, -0.05) is 11.6 Å². The van der Waals surface area contributed by atoms with Gasteiger partial charge in [-0.2, -0.15) is 18.3 Å². The number of aryl methyl sites for hydroxylation is 1. The van der Waals surface area contributed by atoms with Crippen LogP contribution in [0.2, 0.25) is 0 Å². The van der Waals surface area contributed by atoms with Crippen LogP contribution in [-0.4, -0.2) is 15.6 Å². The number of benzene rings is 1. The Balaban J connectivity index is 2.53. The van der Waals surface area contributed by atoms with Crippen molar-refractivity contribution in [1.82, 2.24) is 9.78 Å². The Kier molecular flexibility index (Phi) is 3.05. The first-order valence-electron chi connectivity index (χ1n) is 5.36. The number of nitrogens with zero attached hydrogens (tertiary/aromatic N) is 2. The minimum absolute atomic E-state index is 0.220. The molecular formula is C12H11F3N4. The van der Waals surface area contributed by atoms with Crippen molar-refractivity contribution in [2.24, 2.45) is 5.73 Å². The van der Waals surface area contributed by atoms with Gasteiger partial charge in [-0.05, 0) is 19.1 Å². The lowest BCUT2D eigenvalue weighted by molar-refractivity contribution is -0.137. The Morgan fingerprint density at radius 2 is 2.05 bits per heavy atom. The van der Waals surface area contributed by atoms with Gasteiger partial charge in [0.15, 0.2) is 0 Å². The van der Waals surface area contributed by atoms with Crippen molar-refractivity contribution in [3.05, 3.63) is 47.3 Å². The molecule has 1 aromatic heterocycles. The van der Waals surface area contributed by atoms with Crippen LogP contribution < -0.4 is 5.73 Å². The van der Waals surface area contributed by atoms with Crippen molar-refractivity contribution in [1.29, 1.82) is 5.41 Å². The summed E-state index contributed by atoms with van der Waals surface area (Å²) in [6.45, 7) is 1.81. The highest BCUT2D eigenvalue weighted by molar-refractivity contribution is 5.98. The fourth-order valence-corrected chi connectivity index (χ4v) is 1.67. The predicted molar refractivity (Wildman–Crippen MR) is 64.3 cm³/mol. The van der Waals surface area contributed by atoms with E-state index in [1.54, 1.807) is 25.1 Å². The number of halogens is 3. The smallest absolute Gasteiger partial charge is 0.384 e. The fourth-order valence-electron chi connectivity index (χ4n) is 1.67. The van der Waals surface area contributed by atoms with Gasteiger partial charge < -0.3 is 5.73 Å². The van der Waals surface area contributed by atoms with Crippen molar-refractivity contribution >= 4 is 5.84 Å². The number of aromatic nitrogens is 2. The first kappa shape index (κ1) is 13.1. The van der Waals surface area contributed by atoms with Crippen LogP contribution >= 0.6 is 0 Å². The third kappa shape index (κ3) is 2.59. The fraction of sp³-hybridized carbons (Fsp3) is 0.167. The Labute approximate surface area is 107 Å². The molecule has 4 nitrogen and oxygen atoms in total. The van der Waals surface area contributed by atoms with Crippen LogP contribution in [0.25, 0.3) is 5.69 Å². The number of rotatable bonds is 2. The Morgan fingerprint density at radius 3 is 2.58 bits per heavy atom. The van der Waals surface area contributed by atoms with E-state index in [4.69, 9.17) is 11.1 Å². The summed E-state index contributed by atoms with van der Waals surface area (Å²) in [5.41, 5.74) is 6.13. The van der Waals surface area contributed by atoms with Gasteiger partial charge in [0, 0.05) is 11.8 Å². The predicted octanol–water partition coefficient (Wildman–Crippen LogP) is 2.48. The molecule has 0 bridgehead atoms. The topological polar surface area (TPSA) is 67.7 Å². The summed E-state index contributed by atoms with van der Waals surface area (Å²) in [6.07, 6.45) is -2.83. The van der Waals surface area contributed by atoms with E-state index in [9.17, 15) is 13.2 Å². The van der Waals surface area contributed by atoms with E-state index >= 15 is 0 Å². The average Bonchev–Trinajstić information content (AvgIpc) is 2.77. The van der Waals surface area contributed by atoms with Crippen molar-refractivity contribution in [2.75, 3.05) is 0 Å². The number of alkyl halides is 3. The summed E-state index contributed by atoms with van der Waals surface area (Å²) in [5, 5.41) is 11.1. The molecule has 0 spiro atoms. The third-order valence-electron chi connectivity index (χ3n) is 2.60. The maximum absolute atomic E-state index is 12.5. The van der Waals surface area contributed by atoms with Gasteiger partial charge in [0.25, 0.3) is 0 Å². The molecule has 0 atom stereocenters. The van der Waals surface area contributed by atoms with Crippen molar-refractivity contribution in [2.45, 2.75) is 13.1 Å². The van der Waals surface area contributed by atoms with Gasteiger partial charge in [-0.15, -0.1) is 0 Å². The minimum atomic E-state index is -4.45. The van der Waals surface area contributed by atoms with Crippen LogP contribution in [-0.2, 0) is 6.18 Å². The van der Waals surface area contributed by atoms with Crippen LogP contribution in [0.5, 0.6) is 0 Å². The number of nitrogen functional groups attached to an aromatic ring is 1. The summed E-state index contributed by atoms with van der Waals surface area (Å²) >= 11 is 0. The van der Waals surface area contributed by atoms with Crippen molar-refractivity contribution < 1.29 is 13.2 Å². The van der Waals surface area contributed by atoms with Crippen LogP contribution in [0, 0.1) is 12.3 Å². The van der Waals surface area contributed by atoms with E-state index in [1.165, 1.54) is 0 Å². The number of amidine groups is 1. The molecule has 3 N–H and O–H groups in total. The summed E-state index contributed by atoms with van der Waals surface area (Å²) < 4.78 is 38.6. The zero-order chi connectivity index (χ0) is 14.2. The average molecular weight is 268 g/mol. The van der Waals surface area contributed by atoms with Crippen molar-refractivity contribution in [3.63, 3.8) is 0 Å². The van der Waals surface area contributed by atoms with Crippen LogP contribution in [0.4, 0.5) is 13.2 Å². The Morgan fingerprint density at radius 1 is 1.37 bits per heavy atom. The quantitative estimate of drug-likeness (QED) is 0.649. The first-order chi connectivity index (χ1) is 8.79. The van der Waals surface area contributed by atoms with E-state index in [0.29, 0.717) is 11.3 Å². The van der Waals surface area contributed by atoms with Gasteiger partial charge in [0.1, 0.15) is 5.84 Å². The van der Waals surface area contributed by atoms with E-state index in [2.05, 4.69) is 5.10 Å². The molecule has 100 valence electrons. The molecule has 0 amide bonds. The van der Waals surface area contributed by atoms with E-state index in [0.717, 1.165) is 22.6 Å². The summed E-state index contributed by atoms with van der Waals surface area (Å²) in [6, 6.07) is 4.93. The molecule has 0 aliphatic carbocycles. The zero-order valence-corrected chi connectivity index (χ0v) is 9.99. The molecule has 0 aliphatic rings. The number of nitrogens with one attached hydrogen (secondary N) is 1. The van der Waals surface area contributed by atoms with E-state index < -0.39 is 11.7 Å². The SMILES string of the molecule is Cc1ccc(-n2cc(C(F)(F)F)cn2)c(C(=N)N)c1. The van der Waals surface area contributed by atoms with Crippen LogP contribution in [0.15, 0.2) is 30.6 Å². The highest BCUT2D eigenvalue weighted by Gasteiger charge is 2.32.